The van der Waals surface area contributed by atoms with E-state index in [0.717, 1.165) is 17.8 Å². The van der Waals surface area contributed by atoms with Crippen LogP contribution in [0.3, 0.4) is 0 Å². The number of rotatable bonds is 5. The second-order valence-electron chi connectivity index (χ2n) is 7.38. The number of anilines is 1. The molecule has 0 bridgehead atoms. The van der Waals surface area contributed by atoms with Gasteiger partial charge in [0, 0.05) is 12.1 Å². The van der Waals surface area contributed by atoms with Gasteiger partial charge in [-0.05, 0) is 34.0 Å². The highest BCUT2D eigenvalue weighted by molar-refractivity contribution is 6.01. The number of benzene rings is 4. The first-order valence-corrected chi connectivity index (χ1v) is 10.0. The van der Waals surface area contributed by atoms with Crippen molar-refractivity contribution in [1.29, 1.82) is 0 Å². The molecule has 0 aromatic heterocycles. The van der Waals surface area contributed by atoms with Crippen molar-refractivity contribution in [2.45, 2.75) is 12.5 Å². The lowest BCUT2D eigenvalue weighted by molar-refractivity contribution is 0.250. The first-order chi connectivity index (χ1) is 14.4. The molecule has 0 radical (unpaired) electrons. The van der Waals surface area contributed by atoms with E-state index in [1.807, 2.05) is 6.07 Å². The predicted molar refractivity (Wildman–Crippen MR) is 121 cm³/mol. The lowest BCUT2D eigenvalue weighted by Gasteiger charge is -2.24. The Labute approximate surface area is 171 Å². The van der Waals surface area contributed by atoms with Crippen LogP contribution < -0.4 is 5.32 Å². The van der Waals surface area contributed by atoms with Crippen molar-refractivity contribution in [3.63, 3.8) is 0 Å². The zero-order valence-corrected chi connectivity index (χ0v) is 16.2. The Kier molecular flexibility index (Phi) is 4.71. The van der Waals surface area contributed by atoms with Crippen molar-refractivity contribution in [1.82, 2.24) is 5.01 Å². The van der Waals surface area contributed by atoms with E-state index in [2.05, 4.69) is 107 Å². The van der Waals surface area contributed by atoms with E-state index in [-0.39, 0.29) is 6.04 Å². The van der Waals surface area contributed by atoms with Crippen molar-refractivity contribution in [2.75, 3.05) is 12.0 Å². The zero-order chi connectivity index (χ0) is 19.5. The normalized spacial score (nSPS) is 16.1. The predicted octanol–water partition coefficient (Wildman–Crippen LogP) is 6.06. The number of nitrogens with one attached hydrogen (secondary N) is 1. The van der Waals surface area contributed by atoms with Gasteiger partial charge in [-0.25, -0.2) is 0 Å². The molecule has 0 saturated carbocycles. The van der Waals surface area contributed by atoms with Gasteiger partial charge < -0.3 is 5.32 Å². The van der Waals surface area contributed by atoms with Crippen molar-refractivity contribution < 1.29 is 0 Å². The van der Waals surface area contributed by atoms with Gasteiger partial charge in [-0.3, -0.25) is 5.01 Å². The minimum absolute atomic E-state index is 0.236. The maximum atomic E-state index is 4.98. The van der Waals surface area contributed by atoms with Crippen LogP contribution >= 0.6 is 0 Å². The minimum Gasteiger partial charge on any atom is -0.367 e. The number of hydrogen-bond acceptors (Lipinski definition) is 3. The van der Waals surface area contributed by atoms with E-state index in [9.17, 15) is 0 Å². The van der Waals surface area contributed by atoms with Crippen LogP contribution in [0.4, 0.5) is 5.69 Å². The number of hydrazone groups is 1. The molecule has 0 fully saturated rings. The molecule has 1 atom stereocenters. The third kappa shape index (κ3) is 3.72. The summed E-state index contributed by atoms with van der Waals surface area (Å²) in [4.78, 5) is 0. The van der Waals surface area contributed by atoms with E-state index in [1.165, 1.54) is 21.9 Å². The number of hydrogen-bond donors (Lipinski definition) is 1. The maximum Gasteiger partial charge on any atom is 0.105 e. The molecule has 1 aliphatic heterocycles. The Bertz CT molecular complexity index is 1140. The fourth-order valence-corrected chi connectivity index (χ4v) is 3.94. The maximum absolute atomic E-state index is 4.98. The van der Waals surface area contributed by atoms with Crippen molar-refractivity contribution in [2.24, 2.45) is 5.10 Å². The third-order valence-corrected chi connectivity index (χ3v) is 5.48. The lowest BCUT2D eigenvalue weighted by atomic mass is 9.99. The topological polar surface area (TPSA) is 27.6 Å². The molecule has 29 heavy (non-hydrogen) atoms. The molecule has 0 saturated heterocycles. The third-order valence-electron chi connectivity index (χ3n) is 5.48. The molecular formula is C26H23N3. The van der Waals surface area contributed by atoms with Gasteiger partial charge in [-0.1, -0.05) is 91.0 Å². The smallest absolute Gasteiger partial charge is 0.105 e. The summed E-state index contributed by atoms with van der Waals surface area (Å²) in [5.41, 5.74) is 4.74. The molecule has 5 rings (SSSR count). The summed E-state index contributed by atoms with van der Waals surface area (Å²) in [5.74, 6) is 0. The van der Waals surface area contributed by atoms with Gasteiger partial charge in [0.15, 0.2) is 0 Å². The Morgan fingerprint density at radius 1 is 0.759 bits per heavy atom. The number of fused-ring (bicyclic) bond motifs is 1. The highest BCUT2D eigenvalue weighted by Crippen LogP contribution is 2.32. The summed E-state index contributed by atoms with van der Waals surface area (Å²) in [7, 11) is 0. The summed E-state index contributed by atoms with van der Waals surface area (Å²) in [6.07, 6.45) is 0.910. The molecule has 3 heteroatoms. The van der Waals surface area contributed by atoms with Crippen LogP contribution in [0.25, 0.3) is 10.8 Å². The monoisotopic (exact) mass is 377 g/mol. The summed E-state index contributed by atoms with van der Waals surface area (Å²) >= 11 is 0. The van der Waals surface area contributed by atoms with E-state index < -0.39 is 0 Å². The standard InChI is InChI=1S/C26H23N3/c1-3-10-21(11-4-1)25-18-26(22-12-5-2-6-13-22)29(28-25)19-27-24-16-15-20-9-7-8-14-23(20)17-24/h1-17,26-27H,18-19H2/t26-/m1/s1. The second-order valence-corrected chi connectivity index (χ2v) is 7.38. The van der Waals surface area contributed by atoms with Crippen LogP contribution in [0.5, 0.6) is 0 Å². The van der Waals surface area contributed by atoms with Gasteiger partial charge in [-0.2, -0.15) is 5.10 Å². The van der Waals surface area contributed by atoms with E-state index in [1.54, 1.807) is 0 Å². The molecule has 1 N–H and O–H groups in total. The molecule has 0 spiro atoms. The quantitative estimate of drug-likeness (QED) is 0.458. The highest BCUT2D eigenvalue weighted by Gasteiger charge is 2.28. The molecule has 4 aromatic carbocycles. The molecule has 0 amide bonds. The van der Waals surface area contributed by atoms with E-state index in [0.29, 0.717) is 6.67 Å². The van der Waals surface area contributed by atoms with Crippen molar-refractivity contribution in [3.8, 4) is 0 Å². The Hall–Kier alpha value is -3.59. The van der Waals surface area contributed by atoms with E-state index in [4.69, 9.17) is 5.10 Å². The fraction of sp³-hybridized carbons (Fsp3) is 0.115. The molecular weight excluding hydrogens is 354 g/mol. The summed E-state index contributed by atoms with van der Waals surface area (Å²) in [6.45, 7) is 0.661. The molecule has 0 aliphatic carbocycles. The first kappa shape index (κ1) is 17.5. The summed E-state index contributed by atoms with van der Waals surface area (Å²) in [5, 5.41) is 13.2. The van der Waals surface area contributed by atoms with Crippen LogP contribution in [0.15, 0.2) is 108 Å². The average Bonchev–Trinajstić information content (AvgIpc) is 3.23. The van der Waals surface area contributed by atoms with Crippen LogP contribution in [0.2, 0.25) is 0 Å². The van der Waals surface area contributed by atoms with Gasteiger partial charge in [-0.15, -0.1) is 0 Å². The average molecular weight is 377 g/mol. The van der Waals surface area contributed by atoms with Gasteiger partial charge in [0.05, 0.1) is 11.8 Å². The van der Waals surface area contributed by atoms with Crippen molar-refractivity contribution in [3.05, 3.63) is 114 Å². The molecule has 4 aromatic rings. The highest BCUT2D eigenvalue weighted by atomic mass is 15.5. The molecule has 142 valence electrons. The zero-order valence-electron chi connectivity index (χ0n) is 16.2. The summed E-state index contributed by atoms with van der Waals surface area (Å²) in [6, 6.07) is 36.3. The van der Waals surface area contributed by atoms with Gasteiger partial charge >= 0.3 is 0 Å². The van der Waals surface area contributed by atoms with Crippen molar-refractivity contribution >= 4 is 22.2 Å². The Morgan fingerprint density at radius 2 is 1.45 bits per heavy atom. The van der Waals surface area contributed by atoms with Gasteiger partial charge in [0.25, 0.3) is 0 Å². The Morgan fingerprint density at radius 3 is 2.24 bits per heavy atom. The van der Waals surface area contributed by atoms with Crippen LogP contribution in [0, 0.1) is 0 Å². The lowest BCUT2D eigenvalue weighted by Crippen LogP contribution is -2.25. The SMILES string of the molecule is c1ccc(C2=NN(CNc3ccc4ccccc4c3)[C@@H](c3ccccc3)C2)cc1. The van der Waals surface area contributed by atoms with Crippen LogP contribution in [-0.2, 0) is 0 Å². The molecule has 1 aliphatic rings. The van der Waals surface area contributed by atoms with E-state index >= 15 is 0 Å². The second kappa shape index (κ2) is 7.80. The first-order valence-electron chi connectivity index (χ1n) is 10.0. The largest absolute Gasteiger partial charge is 0.367 e. The molecule has 1 heterocycles. The Balaban J connectivity index is 1.40. The van der Waals surface area contributed by atoms with Crippen LogP contribution in [-0.4, -0.2) is 17.4 Å². The minimum atomic E-state index is 0.236. The van der Waals surface area contributed by atoms with Crippen LogP contribution in [0.1, 0.15) is 23.6 Å². The molecule has 0 unspecified atom stereocenters. The molecule has 3 nitrogen and oxygen atoms in total. The summed E-state index contributed by atoms with van der Waals surface area (Å²) < 4.78 is 0. The number of nitrogens with zero attached hydrogens (tertiary/aromatic N) is 2. The van der Waals surface area contributed by atoms with Gasteiger partial charge in [0.2, 0.25) is 0 Å². The van der Waals surface area contributed by atoms with Gasteiger partial charge in [0.1, 0.15) is 6.67 Å². The fourth-order valence-electron chi connectivity index (χ4n) is 3.94.